The monoisotopic (exact) mass is 271 g/mol. The molecule has 0 bridgehead atoms. The molecule has 1 heterocycles. The number of hydrogen-bond acceptors (Lipinski definition) is 1. The van der Waals surface area contributed by atoms with Crippen LogP contribution in [0.3, 0.4) is 0 Å². The Labute approximate surface area is 124 Å². The zero-order valence-corrected chi connectivity index (χ0v) is 13.0. The van der Waals surface area contributed by atoms with Gasteiger partial charge in [-0.1, -0.05) is 37.6 Å². The minimum Gasteiger partial charge on any atom is -0.303 e. The molecule has 0 spiro atoms. The van der Waals surface area contributed by atoms with Gasteiger partial charge in [-0.3, -0.25) is 0 Å². The molecule has 1 nitrogen and oxygen atoms in total. The Hall–Kier alpha value is -0.560. The van der Waals surface area contributed by atoms with Crippen molar-refractivity contribution in [2.24, 2.45) is 22.7 Å². The van der Waals surface area contributed by atoms with Crippen LogP contribution in [-0.4, -0.2) is 24.5 Å². The second-order valence-corrected chi connectivity index (χ2v) is 7.83. The van der Waals surface area contributed by atoms with Crippen LogP contribution in [0.25, 0.3) is 0 Å². The molecule has 1 saturated heterocycles. The Kier molecular flexibility index (Phi) is 3.10. The molecule has 2 fully saturated rings. The molecule has 110 valence electrons. The number of likely N-dealkylation sites (tertiary alicyclic amines) is 1. The average Bonchev–Trinajstić information content (AvgIpc) is 3.19. The zero-order chi connectivity index (χ0) is 13.6. The van der Waals surface area contributed by atoms with E-state index in [9.17, 15) is 0 Å². The Bertz CT molecular complexity index is 437. The molecule has 3 unspecified atom stereocenters. The molecule has 0 radical (unpaired) electrons. The summed E-state index contributed by atoms with van der Waals surface area (Å²) >= 11 is 0. The first-order valence-corrected chi connectivity index (χ1v) is 8.86. The largest absolute Gasteiger partial charge is 0.303 e. The van der Waals surface area contributed by atoms with Crippen LogP contribution in [0.4, 0.5) is 0 Å². The number of rotatable bonds is 3. The van der Waals surface area contributed by atoms with E-state index in [1.807, 2.05) is 0 Å². The fourth-order valence-electron chi connectivity index (χ4n) is 5.51. The maximum Gasteiger partial charge on any atom is 0.00250 e. The summed E-state index contributed by atoms with van der Waals surface area (Å²) in [4.78, 5) is 2.79. The van der Waals surface area contributed by atoms with Crippen molar-refractivity contribution in [1.29, 1.82) is 0 Å². The smallest absolute Gasteiger partial charge is 0.00250 e. The maximum atomic E-state index is 2.79. The highest BCUT2D eigenvalue weighted by molar-refractivity contribution is 5.36. The van der Waals surface area contributed by atoms with Gasteiger partial charge in [0, 0.05) is 18.5 Å². The minimum absolute atomic E-state index is 0.569. The van der Waals surface area contributed by atoms with Gasteiger partial charge in [-0.05, 0) is 62.3 Å². The molecular weight excluding hydrogens is 242 g/mol. The zero-order valence-electron chi connectivity index (χ0n) is 13.0. The second-order valence-electron chi connectivity index (χ2n) is 7.83. The number of piperidine rings is 1. The van der Waals surface area contributed by atoms with E-state index in [1.165, 1.54) is 64.6 Å². The van der Waals surface area contributed by atoms with Gasteiger partial charge in [-0.25, -0.2) is 0 Å². The van der Waals surface area contributed by atoms with Gasteiger partial charge in [0.2, 0.25) is 0 Å². The first-order valence-electron chi connectivity index (χ1n) is 8.86. The molecule has 3 aliphatic carbocycles. The summed E-state index contributed by atoms with van der Waals surface area (Å²) in [6, 6.07) is 0. The van der Waals surface area contributed by atoms with Gasteiger partial charge in [-0.15, -0.1) is 0 Å². The highest BCUT2D eigenvalue weighted by atomic mass is 15.1. The fourth-order valence-corrected chi connectivity index (χ4v) is 5.51. The van der Waals surface area contributed by atoms with Crippen molar-refractivity contribution < 1.29 is 0 Å². The van der Waals surface area contributed by atoms with Gasteiger partial charge in [-0.2, -0.15) is 0 Å². The molecule has 0 aromatic carbocycles. The van der Waals surface area contributed by atoms with Gasteiger partial charge in [0.05, 0.1) is 0 Å². The standard InChI is InChI=1S/C19H29N/c1-2-16-7-6-12-20(13-16)14-17-8-5-10-18-9-3-4-11-19(17,18)15-18/h4-5,10-11,16-17H,2-3,6-9,12-15H2,1H3/t16-,17?,18?,19?/m1/s1. The number of allylic oxidation sites excluding steroid dienone is 4. The predicted octanol–water partition coefficient (Wildman–Crippen LogP) is 4.41. The molecule has 1 heteroatoms. The lowest BCUT2D eigenvalue weighted by atomic mass is 9.71. The van der Waals surface area contributed by atoms with Crippen LogP contribution >= 0.6 is 0 Å². The number of nitrogens with zero attached hydrogens (tertiary/aromatic N) is 1. The van der Waals surface area contributed by atoms with Crippen molar-refractivity contribution in [3.63, 3.8) is 0 Å². The second kappa shape index (κ2) is 4.73. The van der Waals surface area contributed by atoms with Crippen molar-refractivity contribution in [3.8, 4) is 0 Å². The SMILES string of the molecule is CC[C@@H]1CCCN(CC2CC=CC34CCC=CC23C4)C1. The summed E-state index contributed by atoms with van der Waals surface area (Å²) in [7, 11) is 0. The van der Waals surface area contributed by atoms with E-state index in [1.54, 1.807) is 0 Å². The summed E-state index contributed by atoms with van der Waals surface area (Å²) in [5.41, 5.74) is 1.16. The van der Waals surface area contributed by atoms with Crippen LogP contribution in [0, 0.1) is 22.7 Å². The van der Waals surface area contributed by atoms with Gasteiger partial charge < -0.3 is 4.90 Å². The summed E-state index contributed by atoms with van der Waals surface area (Å²) in [5, 5.41) is 0. The summed E-state index contributed by atoms with van der Waals surface area (Å²) in [5.74, 6) is 1.85. The minimum atomic E-state index is 0.569. The summed E-state index contributed by atoms with van der Waals surface area (Å²) in [6.07, 6.45) is 19.9. The molecular formula is C19H29N. The van der Waals surface area contributed by atoms with Crippen LogP contribution in [0.2, 0.25) is 0 Å². The lowest BCUT2D eigenvalue weighted by Gasteiger charge is -2.40. The van der Waals surface area contributed by atoms with Gasteiger partial charge in [0.25, 0.3) is 0 Å². The molecule has 0 aromatic rings. The first kappa shape index (κ1) is 13.1. The van der Waals surface area contributed by atoms with E-state index in [2.05, 4.69) is 36.1 Å². The van der Waals surface area contributed by atoms with Gasteiger partial charge in [0.15, 0.2) is 0 Å². The van der Waals surface area contributed by atoms with Crippen LogP contribution in [-0.2, 0) is 0 Å². The third-order valence-electron chi connectivity index (χ3n) is 6.83. The van der Waals surface area contributed by atoms with Crippen LogP contribution in [0.5, 0.6) is 0 Å². The van der Waals surface area contributed by atoms with Crippen molar-refractivity contribution >= 4 is 0 Å². The van der Waals surface area contributed by atoms with E-state index in [4.69, 9.17) is 0 Å². The van der Waals surface area contributed by atoms with Crippen molar-refractivity contribution in [2.45, 2.75) is 51.9 Å². The Morgan fingerprint density at radius 3 is 3.10 bits per heavy atom. The number of hydrogen-bond donors (Lipinski definition) is 0. The molecule has 0 aromatic heterocycles. The maximum absolute atomic E-state index is 2.79. The summed E-state index contributed by atoms with van der Waals surface area (Å²) in [6.45, 7) is 6.44. The molecule has 4 atom stereocenters. The van der Waals surface area contributed by atoms with Gasteiger partial charge in [0.1, 0.15) is 0 Å². The summed E-state index contributed by atoms with van der Waals surface area (Å²) < 4.78 is 0. The van der Waals surface area contributed by atoms with Crippen LogP contribution in [0.15, 0.2) is 24.3 Å². The highest BCUT2D eigenvalue weighted by Gasteiger charge is 2.68. The third-order valence-corrected chi connectivity index (χ3v) is 6.83. The fraction of sp³-hybridized carbons (Fsp3) is 0.789. The quantitative estimate of drug-likeness (QED) is 0.687. The Morgan fingerprint density at radius 1 is 1.25 bits per heavy atom. The third kappa shape index (κ3) is 1.85. The molecule has 0 amide bonds. The Balaban J connectivity index is 1.48. The van der Waals surface area contributed by atoms with E-state index in [0.717, 1.165) is 11.8 Å². The molecule has 1 aliphatic heterocycles. The van der Waals surface area contributed by atoms with E-state index in [0.29, 0.717) is 10.8 Å². The predicted molar refractivity (Wildman–Crippen MR) is 84.6 cm³/mol. The van der Waals surface area contributed by atoms with E-state index >= 15 is 0 Å². The lowest BCUT2D eigenvalue weighted by molar-refractivity contribution is 0.120. The molecule has 20 heavy (non-hydrogen) atoms. The first-order chi connectivity index (χ1) is 9.78. The lowest BCUT2D eigenvalue weighted by Crippen LogP contribution is -2.41. The molecule has 1 saturated carbocycles. The molecule has 4 aliphatic rings. The highest BCUT2D eigenvalue weighted by Crippen LogP contribution is 2.75. The topological polar surface area (TPSA) is 3.24 Å². The van der Waals surface area contributed by atoms with E-state index in [-0.39, 0.29) is 0 Å². The molecule has 4 rings (SSSR count). The Morgan fingerprint density at radius 2 is 2.20 bits per heavy atom. The van der Waals surface area contributed by atoms with Gasteiger partial charge >= 0.3 is 0 Å². The van der Waals surface area contributed by atoms with Crippen molar-refractivity contribution in [2.75, 3.05) is 19.6 Å². The van der Waals surface area contributed by atoms with Crippen molar-refractivity contribution in [1.82, 2.24) is 4.90 Å². The van der Waals surface area contributed by atoms with Crippen LogP contribution < -0.4 is 0 Å². The average molecular weight is 271 g/mol. The van der Waals surface area contributed by atoms with Crippen LogP contribution in [0.1, 0.15) is 51.9 Å². The molecule has 0 N–H and O–H groups in total. The van der Waals surface area contributed by atoms with E-state index < -0.39 is 0 Å². The normalized spacial score (nSPS) is 46.9. The van der Waals surface area contributed by atoms with Crippen molar-refractivity contribution in [3.05, 3.63) is 24.3 Å².